The van der Waals surface area contributed by atoms with Crippen molar-refractivity contribution >= 4 is 42.6 Å². The summed E-state index contributed by atoms with van der Waals surface area (Å²) in [6.07, 6.45) is 1.95. The molecule has 0 saturated carbocycles. The van der Waals surface area contributed by atoms with E-state index < -0.39 is 6.04 Å². The van der Waals surface area contributed by atoms with Crippen LogP contribution in [-0.2, 0) is 9.53 Å². The van der Waals surface area contributed by atoms with E-state index >= 15 is 0 Å². The third-order valence-electron chi connectivity index (χ3n) is 3.49. The number of methoxy groups -OCH3 is 1. The molecule has 1 atom stereocenters. The molecule has 1 unspecified atom stereocenters. The molecule has 6 heteroatoms. The molecule has 0 bridgehead atoms. The first-order chi connectivity index (χ1) is 9.13. The lowest BCUT2D eigenvalue weighted by molar-refractivity contribution is -0.147. The highest BCUT2D eigenvalue weighted by Gasteiger charge is 2.32. The molecule has 0 aliphatic carbocycles. The number of benzene rings is 1. The van der Waals surface area contributed by atoms with Crippen molar-refractivity contribution in [2.24, 2.45) is 0 Å². The number of nitrogens with zero attached hydrogens (tertiary/aromatic N) is 1. The lowest BCUT2D eigenvalue weighted by atomic mass is 10.0. The van der Waals surface area contributed by atoms with Gasteiger partial charge in [-0.3, -0.25) is 4.90 Å². The molecule has 0 amide bonds. The van der Waals surface area contributed by atoms with Gasteiger partial charge in [0.15, 0.2) is 0 Å². The number of hydrogen-bond acceptors (Lipinski definition) is 4. The van der Waals surface area contributed by atoms with Gasteiger partial charge in [-0.1, -0.05) is 29.8 Å². The van der Waals surface area contributed by atoms with E-state index in [4.69, 9.17) is 16.3 Å². The summed E-state index contributed by atoms with van der Waals surface area (Å²) in [5, 5.41) is 1.02. The van der Waals surface area contributed by atoms with E-state index in [1.165, 1.54) is 7.11 Å². The smallest absolute Gasteiger partial charge is 0.327 e. The van der Waals surface area contributed by atoms with Crippen LogP contribution >= 0.6 is 36.6 Å². The topological polar surface area (TPSA) is 29.5 Å². The highest BCUT2D eigenvalue weighted by atomic mass is 35.5. The number of rotatable bonds is 3. The van der Waals surface area contributed by atoms with E-state index in [0.717, 1.165) is 31.5 Å². The van der Waals surface area contributed by atoms with E-state index in [-0.39, 0.29) is 18.4 Å². The molecule has 1 saturated heterocycles. The molecule has 1 aliphatic heterocycles. The third kappa shape index (κ3) is 4.04. The number of carbonyl (C=O) groups is 1. The van der Waals surface area contributed by atoms with Crippen molar-refractivity contribution in [1.29, 1.82) is 0 Å². The van der Waals surface area contributed by atoms with Gasteiger partial charge in [0.05, 0.1) is 7.11 Å². The molecule has 20 heavy (non-hydrogen) atoms. The minimum absolute atomic E-state index is 0. The maximum absolute atomic E-state index is 12.1. The van der Waals surface area contributed by atoms with Gasteiger partial charge in [-0.2, -0.15) is 12.6 Å². The third-order valence-corrected chi connectivity index (χ3v) is 4.35. The fourth-order valence-corrected chi connectivity index (χ4v) is 2.90. The lowest BCUT2D eigenvalue weighted by Gasteiger charge is -2.35. The number of halogens is 2. The first-order valence-electron chi connectivity index (χ1n) is 6.38. The monoisotopic (exact) mass is 335 g/mol. The number of thiol groups is 1. The standard InChI is InChI=1S/C14H18ClNO2S.ClH/c1-18-14(17)13(11-4-2-3-5-12(11)15)16-8-6-10(19)7-9-16;/h2-5,10,13,19H,6-9H2,1H3;1H. The quantitative estimate of drug-likeness (QED) is 0.678. The molecule has 2 rings (SSSR count). The van der Waals surface area contributed by atoms with Gasteiger partial charge in [-0.05, 0) is 24.5 Å². The molecule has 0 radical (unpaired) electrons. The molecule has 3 nitrogen and oxygen atoms in total. The summed E-state index contributed by atoms with van der Waals surface area (Å²) in [5.41, 5.74) is 0.814. The van der Waals surface area contributed by atoms with E-state index in [2.05, 4.69) is 17.5 Å². The van der Waals surface area contributed by atoms with E-state index in [1.807, 2.05) is 18.2 Å². The second kappa shape index (κ2) is 8.13. The summed E-state index contributed by atoms with van der Waals surface area (Å²) in [4.78, 5) is 14.2. The maximum atomic E-state index is 12.1. The van der Waals surface area contributed by atoms with Gasteiger partial charge < -0.3 is 4.74 Å². The molecular formula is C14H19Cl2NO2S. The summed E-state index contributed by atoms with van der Waals surface area (Å²) >= 11 is 10.7. The molecule has 1 aliphatic rings. The fourth-order valence-electron chi connectivity index (χ4n) is 2.43. The van der Waals surface area contributed by atoms with Gasteiger partial charge in [0, 0.05) is 23.4 Å². The summed E-state index contributed by atoms with van der Waals surface area (Å²) in [7, 11) is 1.41. The second-order valence-electron chi connectivity index (χ2n) is 4.71. The van der Waals surface area contributed by atoms with Crippen molar-refractivity contribution < 1.29 is 9.53 Å². The molecule has 1 heterocycles. The van der Waals surface area contributed by atoms with Crippen LogP contribution in [0, 0.1) is 0 Å². The lowest BCUT2D eigenvalue weighted by Crippen LogP contribution is -2.41. The van der Waals surface area contributed by atoms with E-state index in [9.17, 15) is 4.79 Å². The van der Waals surface area contributed by atoms with Crippen LogP contribution in [-0.4, -0.2) is 36.3 Å². The van der Waals surface area contributed by atoms with Crippen LogP contribution in [0.25, 0.3) is 0 Å². The van der Waals surface area contributed by atoms with Crippen molar-refractivity contribution in [2.75, 3.05) is 20.2 Å². The predicted molar refractivity (Wildman–Crippen MR) is 87.0 cm³/mol. The predicted octanol–water partition coefficient (Wildman–Crippen LogP) is 3.37. The first kappa shape index (κ1) is 17.6. The maximum Gasteiger partial charge on any atom is 0.327 e. The van der Waals surface area contributed by atoms with Crippen LogP contribution in [0.2, 0.25) is 5.02 Å². The van der Waals surface area contributed by atoms with Crippen LogP contribution in [0.15, 0.2) is 24.3 Å². The summed E-state index contributed by atoms with van der Waals surface area (Å²) < 4.78 is 4.94. The molecule has 1 fully saturated rings. The first-order valence-corrected chi connectivity index (χ1v) is 7.27. The van der Waals surface area contributed by atoms with Crippen LogP contribution in [0.3, 0.4) is 0 Å². The Balaban J connectivity index is 0.00000200. The zero-order valence-electron chi connectivity index (χ0n) is 11.3. The van der Waals surface area contributed by atoms with Crippen LogP contribution in [0.1, 0.15) is 24.4 Å². The van der Waals surface area contributed by atoms with Gasteiger partial charge in [0.1, 0.15) is 6.04 Å². The Morgan fingerprint density at radius 2 is 2.00 bits per heavy atom. The SMILES string of the molecule is COC(=O)C(c1ccccc1Cl)N1CCC(S)CC1.Cl. The minimum Gasteiger partial charge on any atom is -0.468 e. The van der Waals surface area contributed by atoms with E-state index in [1.54, 1.807) is 6.07 Å². The van der Waals surface area contributed by atoms with Crippen molar-refractivity contribution in [2.45, 2.75) is 24.1 Å². The van der Waals surface area contributed by atoms with Gasteiger partial charge in [0.2, 0.25) is 0 Å². The molecule has 0 aromatic heterocycles. The van der Waals surface area contributed by atoms with Crippen molar-refractivity contribution in [3.63, 3.8) is 0 Å². The van der Waals surface area contributed by atoms with Crippen molar-refractivity contribution in [3.8, 4) is 0 Å². The number of carbonyl (C=O) groups excluding carboxylic acids is 1. The average molecular weight is 336 g/mol. The Bertz CT molecular complexity index is 451. The Hall–Kier alpha value is -0.420. The highest BCUT2D eigenvalue weighted by molar-refractivity contribution is 7.80. The largest absolute Gasteiger partial charge is 0.468 e. The zero-order chi connectivity index (χ0) is 13.8. The molecule has 1 aromatic rings. The normalized spacial score (nSPS) is 18.1. The number of piperidine rings is 1. The number of likely N-dealkylation sites (tertiary alicyclic amines) is 1. The molecule has 0 spiro atoms. The van der Waals surface area contributed by atoms with Crippen molar-refractivity contribution in [3.05, 3.63) is 34.9 Å². The zero-order valence-corrected chi connectivity index (χ0v) is 13.8. The summed E-state index contributed by atoms with van der Waals surface area (Å²) in [6, 6.07) is 7.02. The van der Waals surface area contributed by atoms with Gasteiger partial charge in [-0.15, -0.1) is 12.4 Å². The number of ether oxygens (including phenoxy) is 1. The molecule has 1 aromatic carbocycles. The van der Waals surface area contributed by atoms with Gasteiger partial charge in [-0.25, -0.2) is 4.79 Å². The van der Waals surface area contributed by atoms with Crippen LogP contribution < -0.4 is 0 Å². The Labute approximate surface area is 136 Å². The van der Waals surface area contributed by atoms with Crippen molar-refractivity contribution in [1.82, 2.24) is 4.90 Å². The Morgan fingerprint density at radius 3 is 2.55 bits per heavy atom. The van der Waals surface area contributed by atoms with Gasteiger partial charge >= 0.3 is 5.97 Å². The molecule has 0 N–H and O–H groups in total. The molecular weight excluding hydrogens is 317 g/mol. The minimum atomic E-state index is -0.417. The van der Waals surface area contributed by atoms with Gasteiger partial charge in [0.25, 0.3) is 0 Å². The fraction of sp³-hybridized carbons (Fsp3) is 0.500. The Kier molecular flexibility index (Phi) is 7.17. The number of hydrogen-bond donors (Lipinski definition) is 1. The Morgan fingerprint density at radius 1 is 1.40 bits per heavy atom. The molecule has 112 valence electrons. The highest BCUT2D eigenvalue weighted by Crippen LogP contribution is 2.31. The van der Waals surface area contributed by atoms with Crippen LogP contribution in [0.5, 0.6) is 0 Å². The summed E-state index contributed by atoms with van der Waals surface area (Å²) in [6.45, 7) is 1.66. The van der Waals surface area contributed by atoms with E-state index in [0.29, 0.717) is 10.3 Å². The summed E-state index contributed by atoms with van der Waals surface area (Å²) in [5.74, 6) is -0.259. The second-order valence-corrected chi connectivity index (χ2v) is 5.85. The average Bonchev–Trinajstić information content (AvgIpc) is 2.43. The number of esters is 1. The van der Waals surface area contributed by atoms with Crippen LogP contribution in [0.4, 0.5) is 0 Å².